The molecule has 4 heteroatoms. The van der Waals surface area contributed by atoms with E-state index < -0.39 is 0 Å². The van der Waals surface area contributed by atoms with E-state index in [1.54, 1.807) is 7.11 Å². The first kappa shape index (κ1) is 13.3. The molecule has 2 aromatic carbocycles. The number of H-pyrrole nitrogens is 1. The molecule has 22 heavy (non-hydrogen) atoms. The number of nitrogens with one attached hydrogen (secondary N) is 1. The molecular formula is C18H13BrN2O. The van der Waals surface area contributed by atoms with Crippen molar-refractivity contribution in [2.75, 3.05) is 7.11 Å². The van der Waals surface area contributed by atoms with E-state index >= 15 is 0 Å². The zero-order valence-electron chi connectivity index (χ0n) is 11.9. The Labute approximate surface area is 136 Å². The standard InChI is InChI=1S/C18H13BrN2O/c1-22-11-6-7-17-14(8-11)15(9-20-17)18-13-5-3-2-4-12(13)16(19)10-21-18/h2-10,20H,1H3. The molecule has 0 aliphatic heterocycles. The predicted octanol–water partition coefficient (Wildman–Crippen LogP) is 5.15. The van der Waals surface area contributed by atoms with E-state index in [1.165, 1.54) is 0 Å². The van der Waals surface area contributed by atoms with Gasteiger partial charge in [-0.2, -0.15) is 0 Å². The number of ether oxygens (including phenoxy) is 1. The Morgan fingerprint density at radius 1 is 1.05 bits per heavy atom. The molecule has 1 N–H and O–H groups in total. The number of aromatic amines is 1. The lowest BCUT2D eigenvalue weighted by Crippen LogP contribution is -1.87. The third-order valence-electron chi connectivity index (χ3n) is 3.89. The average Bonchev–Trinajstić information content (AvgIpc) is 2.98. The number of benzene rings is 2. The maximum atomic E-state index is 5.35. The van der Waals surface area contributed by atoms with Crippen molar-refractivity contribution < 1.29 is 4.74 Å². The molecule has 0 amide bonds. The van der Waals surface area contributed by atoms with Crippen LogP contribution in [0.15, 0.2) is 59.3 Å². The number of hydrogen-bond donors (Lipinski definition) is 1. The second-order valence-corrected chi connectivity index (χ2v) is 5.97. The van der Waals surface area contributed by atoms with Crippen LogP contribution in [-0.4, -0.2) is 17.1 Å². The smallest absolute Gasteiger partial charge is 0.119 e. The van der Waals surface area contributed by atoms with Gasteiger partial charge in [0.1, 0.15) is 5.75 Å². The number of rotatable bonds is 2. The molecule has 0 aliphatic carbocycles. The summed E-state index contributed by atoms with van der Waals surface area (Å²) in [4.78, 5) is 7.96. The van der Waals surface area contributed by atoms with Gasteiger partial charge in [-0.15, -0.1) is 0 Å². The zero-order chi connectivity index (χ0) is 15.1. The van der Waals surface area contributed by atoms with Gasteiger partial charge in [0.25, 0.3) is 0 Å². The van der Waals surface area contributed by atoms with E-state index in [0.717, 1.165) is 43.2 Å². The predicted molar refractivity (Wildman–Crippen MR) is 93.3 cm³/mol. The monoisotopic (exact) mass is 352 g/mol. The molecule has 0 unspecified atom stereocenters. The first-order valence-corrected chi connectivity index (χ1v) is 7.76. The molecule has 0 bridgehead atoms. The van der Waals surface area contributed by atoms with Crippen LogP contribution in [0.1, 0.15) is 0 Å². The molecule has 2 aromatic heterocycles. The van der Waals surface area contributed by atoms with Crippen LogP contribution in [0, 0.1) is 0 Å². The number of nitrogens with zero attached hydrogens (tertiary/aromatic N) is 1. The summed E-state index contributed by atoms with van der Waals surface area (Å²) in [6, 6.07) is 14.3. The molecule has 108 valence electrons. The fourth-order valence-electron chi connectivity index (χ4n) is 2.80. The summed E-state index contributed by atoms with van der Waals surface area (Å²) in [6.45, 7) is 0. The Hall–Kier alpha value is -2.33. The maximum absolute atomic E-state index is 5.35. The highest BCUT2D eigenvalue weighted by atomic mass is 79.9. The summed E-state index contributed by atoms with van der Waals surface area (Å²) in [5.74, 6) is 0.842. The summed E-state index contributed by atoms with van der Waals surface area (Å²) in [5, 5.41) is 3.39. The van der Waals surface area contributed by atoms with Gasteiger partial charge in [0, 0.05) is 38.7 Å². The lowest BCUT2D eigenvalue weighted by Gasteiger charge is -2.07. The highest BCUT2D eigenvalue weighted by Gasteiger charge is 2.12. The molecule has 4 aromatic rings. The summed E-state index contributed by atoms with van der Waals surface area (Å²) >= 11 is 3.58. The third kappa shape index (κ3) is 1.99. The summed E-state index contributed by atoms with van der Waals surface area (Å²) in [6.07, 6.45) is 3.86. The van der Waals surface area contributed by atoms with Crippen molar-refractivity contribution in [2.45, 2.75) is 0 Å². The van der Waals surface area contributed by atoms with Gasteiger partial charge in [0.05, 0.1) is 12.8 Å². The van der Waals surface area contributed by atoms with Gasteiger partial charge in [-0.1, -0.05) is 24.3 Å². The number of aromatic nitrogens is 2. The van der Waals surface area contributed by atoms with E-state index in [2.05, 4.69) is 38.0 Å². The van der Waals surface area contributed by atoms with Gasteiger partial charge in [-0.25, -0.2) is 0 Å². The van der Waals surface area contributed by atoms with Crippen molar-refractivity contribution >= 4 is 37.6 Å². The second kappa shape index (κ2) is 5.14. The van der Waals surface area contributed by atoms with Crippen LogP contribution in [0.4, 0.5) is 0 Å². The number of halogens is 1. The largest absolute Gasteiger partial charge is 0.497 e. The molecule has 0 radical (unpaired) electrons. The maximum Gasteiger partial charge on any atom is 0.119 e. The third-order valence-corrected chi connectivity index (χ3v) is 4.52. The lowest BCUT2D eigenvalue weighted by atomic mass is 10.0. The topological polar surface area (TPSA) is 37.9 Å². The van der Waals surface area contributed by atoms with Crippen molar-refractivity contribution in [1.29, 1.82) is 0 Å². The Kier molecular flexibility index (Phi) is 3.12. The fourth-order valence-corrected chi connectivity index (χ4v) is 3.24. The minimum Gasteiger partial charge on any atom is -0.497 e. The molecule has 0 spiro atoms. The molecule has 3 nitrogen and oxygen atoms in total. The molecule has 0 saturated heterocycles. The van der Waals surface area contributed by atoms with Crippen molar-refractivity contribution in [2.24, 2.45) is 0 Å². The van der Waals surface area contributed by atoms with Crippen LogP contribution >= 0.6 is 15.9 Å². The van der Waals surface area contributed by atoms with E-state index in [-0.39, 0.29) is 0 Å². The Morgan fingerprint density at radius 3 is 2.68 bits per heavy atom. The Bertz CT molecular complexity index is 991. The number of pyridine rings is 1. The van der Waals surface area contributed by atoms with Crippen molar-refractivity contribution in [3.05, 3.63) is 59.3 Å². The molecule has 0 aliphatic rings. The zero-order valence-corrected chi connectivity index (χ0v) is 13.5. The highest BCUT2D eigenvalue weighted by molar-refractivity contribution is 9.10. The van der Waals surface area contributed by atoms with Crippen LogP contribution in [-0.2, 0) is 0 Å². The summed E-state index contributed by atoms with van der Waals surface area (Å²) in [7, 11) is 1.68. The van der Waals surface area contributed by atoms with Gasteiger partial charge >= 0.3 is 0 Å². The summed E-state index contributed by atoms with van der Waals surface area (Å²) < 4.78 is 6.35. The number of fused-ring (bicyclic) bond motifs is 2. The van der Waals surface area contributed by atoms with Gasteiger partial charge in [0.2, 0.25) is 0 Å². The normalized spacial score (nSPS) is 11.2. The first-order chi connectivity index (χ1) is 10.8. The van der Waals surface area contributed by atoms with E-state index in [4.69, 9.17) is 4.74 Å². The van der Waals surface area contributed by atoms with Crippen molar-refractivity contribution in [3.8, 4) is 17.0 Å². The molecular weight excluding hydrogens is 340 g/mol. The lowest BCUT2D eigenvalue weighted by molar-refractivity contribution is 0.415. The minimum absolute atomic E-state index is 0.842. The molecule has 2 heterocycles. The summed E-state index contributed by atoms with van der Waals surface area (Å²) in [5.41, 5.74) is 3.13. The van der Waals surface area contributed by atoms with Gasteiger partial charge in [-0.05, 0) is 39.5 Å². The highest BCUT2D eigenvalue weighted by Crippen LogP contribution is 2.35. The van der Waals surface area contributed by atoms with Crippen molar-refractivity contribution in [3.63, 3.8) is 0 Å². The second-order valence-electron chi connectivity index (χ2n) is 5.11. The van der Waals surface area contributed by atoms with Gasteiger partial charge < -0.3 is 9.72 Å². The SMILES string of the molecule is COc1ccc2[nH]cc(-c3ncc(Br)c4ccccc34)c2c1. The number of hydrogen-bond acceptors (Lipinski definition) is 2. The van der Waals surface area contributed by atoms with Crippen LogP contribution < -0.4 is 4.74 Å². The molecule has 4 rings (SSSR count). The fraction of sp³-hybridized carbons (Fsp3) is 0.0556. The van der Waals surface area contributed by atoms with E-state index in [1.807, 2.05) is 42.7 Å². The molecule has 0 saturated carbocycles. The molecule has 0 atom stereocenters. The molecule has 0 fully saturated rings. The van der Waals surface area contributed by atoms with Crippen LogP contribution in [0.5, 0.6) is 5.75 Å². The van der Waals surface area contributed by atoms with Gasteiger partial charge in [0.15, 0.2) is 0 Å². The van der Waals surface area contributed by atoms with E-state index in [9.17, 15) is 0 Å². The van der Waals surface area contributed by atoms with E-state index in [0.29, 0.717) is 0 Å². The Balaban J connectivity index is 2.05. The van der Waals surface area contributed by atoms with Crippen LogP contribution in [0.2, 0.25) is 0 Å². The Morgan fingerprint density at radius 2 is 1.86 bits per heavy atom. The minimum atomic E-state index is 0.842. The van der Waals surface area contributed by atoms with Gasteiger partial charge in [-0.3, -0.25) is 4.98 Å². The first-order valence-electron chi connectivity index (χ1n) is 6.96. The van der Waals surface area contributed by atoms with Crippen molar-refractivity contribution in [1.82, 2.24) is 9.97 Å². The number of methoxy groups -OCH3 is 1. The van der Waals surface area contributed by atoms with Crippen LogP contribution in [0.25, 0.3) is 32.9 Å². The average molecular weight is 353 g/mol. The van der Waals surface area contributed by atoms with Crippen LogP contribution in [0.3, 0.4) is 0 Å². The quantitative estimate of drug-likeness (QED) is 0.541.